The summed E-state index contributed by atoms with van der Waals surface area (Å²) in [6.45, 7) is 2.60. The number of pyridine rings is 1. The van der Waals surface area contributed by atoms with Gasteiger partial charge in [0.05, 0.1) is 23.1 Å². The largest absolute Gasteiger partial charge is 0.388 e. The Labute approximate surface area is 134 Å². The van der Waals surface area contributed by atoms with Crippen molar-refractivity contribution in [3.8, 4) is 0 Å². The van der Waals surface area contributed by atoms with Crippen molar-refractivity contribution in [3.05, 3.63) is 71.7 Å². The second kappa shape index (κ2) is 5.48. The molecule has 0 spiro atoms. The lowest BCUT2D eigenvalue weighted by Gasteiger charge is -2.11. The molecule has 2 aromatic heterocycles. The summed E-state index contributed by atoms with van der Waals surface area (Å²) in [7, 11) is 0. The number of aryl methyl sites for hydroxylation is 1. The number of imidazole rings is 1. The summed E-state index contributed by atoms with van der Waals surface area (Å²) in [4.78, 5) is 9.12. The third-order valence-corrected chi connectivity index (χ3v) is 4.13. The smallest absolute Gasteiger partial charge is 0.136 e. The Balaban J connectivity index is 1.91. The highest BCUT2D eigenvalue weighted by Crippen LogP contribution is 2.23. The Kier molecular flexibility index (Phi) is 3.32. The van der Waals surface area contributed by atoms with E-state index in [4.69, 9.17) is 0 Å². The molecule has 114 valence electrons. The van der Waals surface area contributed by atoms with Gasteiger partial charge in [0.2, 0.25) is 0 Å². The number of para-hydroxylation sites is 3. The third kappa shape index (κ3) is 2.37. The summed E-state index contributed by atoms with van der Waals surface area (Å²) in [6.07, 6.45) is 0. The van der Waals surface area contributed by atoms with Crippen molar-refractivity contribution < 1.29 is 5.11 Å². The highest BCUT2D eigenvalue weighted by Gasteiger charge is 2.12. The van der Waals surface area contributed by atoms with Crippen LogP contribution in [0, 0.1) is 6.92 Å². The van der Waals surface area contributed by atoms with E-state index in [0.717, 1.165) is 27.6 Å². The van der Waals surface area contributed by atoms with Gasteiger partial charge in [0.15, 0.2) is 0 Å². The van der Waals surface area contributed by atoms with E-state index in [-0.39, 0.29) is 6.61 Å². The van der Waals surface area contributed by atoms with Crippen LogP contribution in [0.15, 0.2) is 54.6 Å². The number of hydrogen-bond donors (Lipinski definition) is 1. The predicted octanol–water partition coefficient (Wildman–Crippen LogP) is 3.43. The van der Waals surface area contributed by atoms with Gasteiger partial charge in [-0.2, -0.15) is 0 Å². The van der Waals surface area contributed by atoms with E-state index in [1.807, 2.05) is 49.4 Å². The van der Waals surface area contributed by atoms with E-state index in [2.05, 4.69) is 26.7 Å². The highest BCUT2D eigenvalue weighted by atomic mass is 16.3. The molecule has 0 aliphatic rings. The lowest BCUT2D eigenvalue weighted by Crippen LogP contribution is -2.06. The average molecular weight is 303 g/mol. The van der Waals surface area contributed by atoms with Gasteiger partial charge in [-0.05, 0) is 36.8 Å². The van der Waals surface area contributed by atoms with Gasteiger partial charge in [0.25, 0.3) is 0 Å². The first kappa shape index (κ1) is 13.9. The summed E-state index contributed by atoms with van der Waals surface area (Å²) in [5.41, 5.74) is 5.12. The molecule has 0 radical (unpaired) electrons. The van der Waals surface area contributed by atoms with E-state index in [9.17, 15) is 5.11 Å². The Hall–Kier alpha value is -2.72. The lowest BCUT2D eigenvalue weighted by atomic mass is 10.1. The van der Waals surface area contributed by atoms with Crippen molar-refractivity contribution in [1.29, 1.82) is 0 Å². The molecule has 1 N–H and O–H groups in total. The number of fused-ring (bicyclic) bond motifs is 2. The number of hydrogen-bond acceptors (Lipinski definition) is 3. The number of rotatable bonds is 3. The minimum absolute atomic E-state index is 0.0727. The van der Waals surface area contributed by atoms with E-state index in [1.165, 1.54) is 5.56 Å². The van der Waals surface area contributed by atoms with Crippen LogP contribution in [0.3, 0.4) is 0 Å². The van der Waals surface area contributed by atoms with Gasteiger partial charge in [-0.25, -0.2) is 4.98 Å². The maximum Gasteiger partial charge on any atom is 0.136 e. The molecule has 0 amide bonds. The van der Waals surface area contributed by atoms with Crippen LogP contribution in [-0.4, -0.2) is 19.6 Å². The first-order valence-corrected chi connectivity index (χ1v) is 7.66. The van der Waals surface area contributed by atoms with Gasteiger partial charge < -0.3 is 9.67 Å². The maximum absolute atomic E-state index is 9.67. The molecule has 4 heteroatoms. The fourth-order valence-corrected chi connectivity index (χ4v) is 3.12. The average Bonchev–Trinajstić information content (AvgIpc) is 2.93. The fraction of sp³-hybridized carbons (Fsp3) is 0.158. The summed E-state index contributed by atoms with van der Waals surface area (Å²) >= 11 is 0. The van der Waals surface area contributed by atoms with Gasteiger partial charge in [-0.15, -0.1) is 0 Å². The number of aromatic nitrogens is 3. The van der Waals surface area contributed by atoms with Crippen LogP contribution >= 0.6 is 0 Å². The second-order valence-electron chi connectivity index (χ2n) is 5.70. The molecule has 4 aromatic rings. The molecule has 0 fully saturated rings. The van der Waals surface area contributed by atoms with Crippen LogP contribution in [0.25, 0.3) is 21.9 Å². The second-order valence-corrected chi connectivity index (χ2v) is 5.70. The highest BCUT2D eigenvalue weighted by molar-refractivity contribution is 5.83. The molecule has 0 saturated heterocycles. The number of nitrogens with zero attached hydrogens (tertiary/aromatic N) is 3. The van der Waals surface area contributed by atoms with Crippen molar-refractivity contribution in [2.75, 3.05) is 0 Å². The molecular formula is C19H17N3O. The van der Waals surface area contributed by atoms with Crippen LogP contribution in [-0.2, 0) is 13.2 Å². The third-order valence-electron chi connectivity index (χ3n) is 4.13. The molecule has 4 nitrogen and oxygen atoms in total. The van der Waals surface area contributed by atoms with Gasteiger partial charge in [0, 0.05) is 11.1 Å². The Morgan fingerprint density at radius 2 is 1.70 bits per heavy atom. The van der Waals surface area contributed by atoms with E-state index in [1.54, 1.807) is 0 Å². The summed E-state index contributed by atoms with van der Waals surface area (Å²) < 4.78 is 2.08. The normalized spacial score (nSPS) is 11.4. The Morgan fingerprint density at radius 3 is 2.52 bits per heavy atom. The Morgan fingerprint density at radius 1 is 0.957 bits per heavy atom. The zero-order chi connectivity index (χ0) is 15.8. The topological polar surface area (TPSA) is 50.9 Å². The zero-order valence-corrected chi connectivity index (χ0v) is 12.9. The van der Waals surface area contributed by atoms with E-state index < -0.39 is 0 Å². The lowest BCUT2D eigenvalue weighted by molar-refractivity contribution is 0.267. The first-order chi connectivity index (χ1) is 11.3. The molecule has 23 heavy (non-hydrogen) atoms. The maximum atomic E-state index is 9.67. The van der Waals surface area contributed by atoms with Gasteiger partial charge in [0.1, 0.15) is 12.4 Å². The van der Waals surface area contributed by atoms with Crippen LogP contribution in [0.2, 0.25) is 0 Å². The molecule has 4 rings (SSSR count). The summed E-state index contributed by atoms with van der Waals surface area (Å²) in [6, 6.07) is 18.2. The number of aliphatic hydroxyl groups excluding tert-OH is 1. The fourth-order valence-electron chi connectivity index (χ4n) is 3.12. The van der Waals surface area contributed by atoms with Crippen LogP contribution in [0.1, 0.15) is 17.1 Å². The zero-order valence-electron chi connectivity index (χ0n) is 12.9. The molecule has 0 aliphatic carbocycles. The van der Waals surface area contributed by atoms with E-state index >= 15 is 0 Å². The molecule has 2 heterocycles. The molecule has 0 unspecified atom stereocenters. The van der Waals surface area contributed by atoms with Crippen molar-refractivity contribution >= 4 is 21.9 Å². The SMILES string of the molecule is Cc1cc(Cn2c(CO)nc3ccccc32)c2ccccc2n1. The van der Waals surface area contributed by atoms with Crippen LogP contribution in [0.4, 0.5) is 0 Å². The number of aliphatic hydroxyl groups is 1. The first-order valence-electron chi connectivity index (χ1n) is 7.66. The standard InChI is InChI=1S/C19H17N3O/c1-13-10-14(15-6-2-3-7-16(15)20-13)11-22-18-9-5-4-8-17(18)21-19(22)12-23/h2-10,23H,11-12H2,1H3. The minimum Gasteiger partial charge on any atom is -0.388 e. The van der Waals surface area contributed by atoms with Gasteiger partial charge in [-0.1, -0.05) is 30.3 Å². The predicted molar refractivity (Wildman–Crippen MR) is 91.2 cm³/mol. The van der Waals surface area contributed by atoms with Crippen molar-refractivity contribution in [1.82, 2.24) is 14.5 Å². The molecule has 0 aliphatic heterocycles. The molecular weight excluding hydrogens is 286 g/mol. The summed E-state index contributed by atoms with van der Waals surface area (Å²) in [5.74, 6) is 0.685. The van der Waals surface area contributed by atoms with Crippen molar-refractivity contribution in [3.63, 3.8) is 0 Å². The van der Waals surface area contributed by atoms with Gasteiger partial charge in [-0.3, -0.25) is 4.98 Å². The van der Waals surface area contributed by atoms with Crippen LogP contribution < -0.4 is 0 Å². The number of benzene rings is 2. The Bertz CT molecular complexity index is 1000. The quantitative estimate of drug-likeness (QED) is 0.631. The molecule has 0 bridgehead atoms. The van der Waals surface area contributed by atoms with Crippen LogP contribution in [0.5, 0.6) is 0 Å². The summed E-state index contributed by atoms with van der Waals surface area (Å²) in [5, 5.41) is 10.8. The van der Waals surface area contributed by atoms with Gasteiger partial charge >= 0.3 is 0 Å². The molecule has 2 aromatic carbocycles. The molecule has 0 atom stereocenters. The van der Waals surface area contributed by atoms with Crippen molar-refractivity contribution in [2.45, 2.75) is 20.1 Å². The monoisotopic (exact) mass is 303 g/mol. The van der Waals surface area contributed by atoms with E-state index in [0.29, 0.717) is 12.4 Å². The minimum atomic E-state index is -0.0727. The molecule has 0 saturated carbocycles. The van der Waals surface area contributed by atoms with Crippen molar-refractivity contribution in [2.24, 2.45) is 0 Å².